The number of rotatable bonds is 5. The third-order valence-electron chi connectivity index (χ3n) is 6.83. The lowest BCUT2D eigenvalue weighted by Gasteiger charge is -2.29. The lowest BCUT2D eigenvalue weighted by molar-refractivity contribution is -0.127. The number of benzene rings is 2. The molecule has 0 fully saturated rings. The highest BCUT2D eigenvalue weighted by molar-refractivity contribution is 6.07. The van der Waals surface area contributed by atoms with Crippen molar-refractivity contribution in [2.45, 2.75) is 45.8 Å². The minimum Gasteiger partial charge on any atom is -0.449 e. The van der Waals surface area contributed by atoms with Crippen molar-refractivity contribution in [2.75, 3.05) is 24.5 Å². The normalized spacial score (nSPS) is 16.4. The summed E-state index contributed by atoms with van der Waals surface area (Å²) in [5.74, 6) is -0.589. The Morgan fingerprint density at radius 2 is 1.82 bits per heavy atom. The lowest BCUT2D eigenvalue weighted by atomic mass is 9.95. The number of aromatic nitrogens is 1. The first-order chi connectivity index (χ1) is 16.1. The Kier molecular flexibility index (Phi) is 5.85. The molecule has 0 spiro atoms. The number of fused-ring (bicyclic) bond motifs is 3. The van der Waals surface area contributed by atoms with Crippen molar-refractivity contribution in [1.29, 1.82) is 0 Å². The largest absolute Gasteiger partial charge is 0.449 e. The van der Waals surface area contributed by atoms with Gasteiger partial charge in [0.2, 0.25) is 0 Å². The van der Waals surface area contributed by atoms with Crippen LogP contribution in [0.1, 0.15) is 47.4 Å². The molecule has 5 rings (SSSR count). The molecule has 33 heavy (non-hydrogen) atoms. The number of nitrogens with zero attached hydrogens (tertiary/aromatic N) is 3. The van der Waals surface area contributed by atoms with Gasteiger partial charge in [0.05, 0.1) is 11.1 Å². The van der Waals surface area contributed by atoms with E-state index < -0.39 is 12.1 Å². The van der Waals surface area contributed by atoms with Crippen molar-refractivity contribution in [3.8, 4) is 0 Å². The molecule has 0 saturated heterocycles. The number of esters is 1. The van der Waals surface area contributed by atoms with E-state index in [-0.39, 0.29) is 5.91 Å². The smallest absolute Gasteiger partial charge is 0.340 e. The maximum absolute atomic E-state index is 13.6. The number of anilines is 1. The molecule has 3 aromatic rings. The molecule has 0 saturated carbocycles. The molecular formula is C27H29N3O3. The van der Waals surface area contributed by atoms with Gasteiger partial charge in [0.1, 0.15) is 0 Å². The third-order valence-corrected chi connectivity index (χ3v) is 6.83. The topological polar surface area (TPSA) is 62.7 Å². The van der Waals surface area contributed by atoms with Crippen molar-refractivity contribution in [3.05, 3.63) is 70.9 Å². The Labute approximate surface area is 194 Å². The van der Waals surface area contributed by atoms with Gasteiger partial charge in [-0.1, -0.05) is 50.2 Å². The van der Waals surface area contributed by atoms with Crippen LogP contribution in [0.3, 0.4) is 0 Å². The quantitative estimate of drug-likeness (QED) is 0.555. The third kappa shape index (κ3) is 3.89. The first kappa shape index (κ1) is 21.6. The number of carbonyl (C=O) groups excluding carboxylic acids is 2. The van der Waals surface area contributed by atoms with Gasteiger partial charge in [0, 0.05) is 48.4 Å². The zero-order chi connectivity index (χ0) is 22.9. The molecule has 2 aromatic carbocycles. The molecule has 6 heteroatoms. The zero-order valence-corrected chi connectivity index (χ0v) is 19.2. The highest BCUT2D eigenvalue weighted by Gasteiger charge is 2.33. The molecule has 1 unspecified atom stereocenters. The number of pyridine rings is 1. The first-order valence-electron chi connectivity index (χ1n) is 11.8. The number of hydrogen-bond acceptors (Lipinski definition) is 5. The minimum absolute atomic E-state index is 0.154. The van der Waals surface area contributed by atoms with Gasteiger partial charge >= 0.3 is 5.97 Å². The first-order valence-corrected chi connectivity index (χ1v) is 11.8. The van der Waals surface area contributed by atoms with Gasteiger partial charge < -0.3 is 9.64 Å². The van der Waals surface area contributed by atoms with E-state index in [1.54, 1.807) is 4.90 Å². The van der Waals surface area contributed by atoms with Gasteiger partial charge in [-0.2, -0.15) is 0 Å². The average molecular weight is 444 g/mol. The number of ether oxygens (including phenoxy) is 1. The SMILES string of the molecule is CCC(OC(=O)c1c2c(nc3ccccc13)CCN(CC)C2)C(=O)N1CCc2ccccc21. The van der Waals surface area contributed by atoms with E-state index in [4.69, 9.17) is 9.72 Å². The summed E-state index contributed by atoms with van der Waals surface area (Å²) < 4.78 is 5.94. The zero-order valence-electron chi connectivity index (χ0n) is 19.2. The fourth-order valence-corrected chi connectivity index (χ4v) is 4.99. The van der Waals surface area contributed by atoms with Crippen LogP contribution in [0.5, 0.6) is 0 Å². The van der Waals surface area contributed by atoms with Gasteiger partial charge in [-0.15, -0.1) is 0 Å². The van der Waals surface area contributed by atoms with Crippen molar-refractivity contribution in [1.82, 2.24) is 9.88 Å². The summed E-state index contributed by atoms with van der Waals surface area (Å²) in [6, 6.07) is 15.6. The van der Waals surface area contributed by atoms with Crippen LogP contribution in [0.15, 0.2) is 48.5 Å². The molecule has 2 aliphatic rings. The predicted octanol–water partition coefficient (Wildman–Crippen LogP) is 4.14. The standard InChI is InChI=1S/C27H29N3O3/c1-3-24(26(31)30-16-13-18-9-5-8-12-23(18)30)33-27(32)25-19-10-6-7-11-21(19)28-22-14-15-29(4-2)17-20(22)25/h5-12,24H,3-4,13-17H2,1-2H3. The van der Waals surface area contributed by atoms with Gasteiger partial charge in [-0.05, 0) is 37.1 Å². The molecule has 0 N–H and O–H groups in total. The van der Waals surface area contributed by atoms with E-state index in [9.17, 15) is 9.59 Å². The molecule has 0 aliphatic carbocycles. The Morgan fingerprint density at radius 3 is 2.64 bits per heavy atom. The molecule has 2 aliphatic heterocycles. The summed E-state index contributed by atoms with van der Waals surface area (Å²) in [6.45, 7) is 7.12. The van der Waals surface area contributed by atoms with E-state index in [1.807, 2.05) is 55.5 Å². The van der Waals surface area contributed by atoms with Crippen LogP contribution >= 0.6 is 0 Å². The summed E-state index contributed by atoms with van der Waals surface area (Å²) in [5, 5.41) is 0.785. The molecule has 170 valence electrons. The average Bonchev–Trinajstić information content (AvgIpc) is 3.29. The molecule has 1 amide bonds. The van der Waals surface area contributed by atoms with Crippen LogP contribution in [-0.2, 0) is 28.9 Å². The van der Waals surface area contributed by atoms with Crippen molar-refractivity contribution in [2.24, 2.45) is 0 Å². The summed E-state index contributed by atoms with van der Waals surface area (Å²) in [6.07, 6.45) is 1.23. The van der Waals surface area contributed by atoms with Crippen LogP contribution in [-0.4, -0.2) is 47.5 Å². The number of para-hydroxylation sites is 2. The molecule has 0 bridgehead atoms. The monoisotopic (exact) mass is 443 g/mol. The highest BCUT2D eigenvalue weighted by Crippen LogP contribution is 2.31. The lowest BCUT2D eigenvalue weighted by Crippen LogP contribution is -2.40. The fraction of sp³-hybridized carbons (Fsp3) is 0.370. The van der Waals surface area contributed by atoms with E-state index in [1.165, 1.54) is 0 Å². The Balaban J connectivity index is 1.48. The summed E-state index contributed by atoms with van der Waals surface area (Å²) >= 11 is 0. The maximum Gasteiger partial charge on any atom is 0.340 e. The second-order valence-corrected chi connectivity index (χ2v) is 8.72. The van der Waals surface area contributed by atoms with Gasteiger partial charge in [0.15, 0.2) is 6.10 Å². The van der Waals surface area contributed by atoms with Crippen LogP contribution < -0.4 is 4.90 Å². The Hall–Kier alpha value is -3.25. The fourth-order valence-electron chi connectivity index (χ4n) is 4.99. The number of likely N-dealkylation sites (N-methyl/N-ethyl adjacent to an activating group) is 1. The molecular weight excluding hydrogens is 414 g/mol. The molecule has 1 atom stereocenters. The van der Waals surface area contributed by atoms with Gasteiger partial charge in [-0.3, -0.25) is 14.7 Å². The second-order valence-electron chi connectivity index (χ2n) is 8.72. The van der Waals surface area contributed by atoms with Crippen LogP contribution in [0.2, 0.25) is 0 Å². The summed E-state index contributed by atoms with van der Waals surface area (Å²) in [5.41, 5.74) is 5.31. The van der Waals surface area contributed by atoms with Crippen molar-refractivity contribution >= 4 is 28.5 Å². The van der Waals surface area contributed by atoms with Crippen LogP contribution in [0.25, 0.3) is 10.9 Å². The number of amides is 1. The predicted molar refractivity (Wildman–Crippen MR) is 128 cm³/mol. The van der Waals surface area contributed by atoms with Crippen LogP contribution in [0.4, 0.5) is 5.69 Å². The number of hydrogen-bond donors (Lipinski definition) is 0. The molecule has 0 radical (unpaired) electrons. The Bertz CT molecular complexity index is 1220. The second kappa shape index (κ2) is 8.94. The van der Waals surface area contributed by atoms with E-state index in [0.29, 0.717) is 25.1 Å². The van der Waals surface area contributed by atoms with Gasteiger partial charge in [-0.25, -0.2) is 4.79 Å². The van der Waals surface area contributed by atoms with Crippen molar-refractivity contribution in [3.63, 3.8) is 0 Å². The molecule has 1 aromatic heterocycles. The Morgan fingerprint density at radius 1 is 1.03 bits per heavy atom. The minimum atomic E-state index is -0.822. The molecule has 6 nitrogen and oxygen atoms in total. The summed E-state index contributed by atoms with van der Waals surface area (Å²) in [7, 11) is 0. The number of carbonyl (C=O) groups is 2. The maximum atomic E-state index is 13.6. The highest BCUT2D eigenvalue weighted by atomic mass is 16.5. The molecule has 3 heterocycles. The van der Waals surface area contributed by atoms with Crippen molar-refractivity contribution < 1.29 is 14.3 Å². The van der Waals surface area contributed by atoms with Crippen LogP contribution in [0, 0.1) is 0 Å². The van der Waals surface area contributed by atoms with E-state index >= 15 is 0 Å². The van der Waals surface area contributed by atoms with Gasteiger partial charge in [0.25, 0.3) is 5.91 Å². The van der Waals surface area contributed by atoms with E-state index in [0.717, 1.165) is 59.3 Å². The summed E-state index contributed by atoms with van der Waals surface area (Å²) in [4.78, 5) is 35.9. The van der Waals surface area contributed by atoms with E-state index in [2.05, 4.69) is 11.8 Å².